The van der Waals surface area contributed by atoms with Crippen LogP contribution >= 0.6 is 0 Å². The van der Waals surface area contributed by atoms with Crippen LogP contribution in [0.1, 0.15) is 40.4 Å². The molecule has 114 valence electrons. The number of aryl methyl sites for hydroxylation is 1. The molecule has 23 heavy (non-hydrogen) atoms. The van der Waals surface area contributed by atoms with Crippen LogP contribution in [0.15, 0.2) is 60.8 Å². The molecule has 0 aliphatic heterocycles. The van der Waals surface area contributed by atoms with Crippen LogP contribution in [0.3, 0.4) is 0 Å². The predicted molar refractivity (Wildman–Crippen MR) is 91.3 cm³/mol. The van der Waals surface area contributed by atoms with Crippen LogP contribution in [0.4, 0.5) is 0 Å². The van der Waals surface area contributed by atoms with E-state index < -0.39 is 0 Å². The number of amides is 1. The molecule has 1 amide bonds. The van der Waals surface area contributed by atoms with E-state index in [9.17, 15) is 4.79 Å². The number of carbonyl (C=O) groups is 1. The molecule has 0 saturated heterocycles. The number of aromatic nitrogens is 1. The minimum atomic E-state index is -0.0229. The maximum Gasteiger partial charge on any atom is 0.252 e. The Kier molecular flexibility index (Phi) is 3.54. The standard InChI is InChI=1S/C20H18N2O/c23-20(17-12-13-21-18-10-4-3-9-16(17)18)22-19-11-5-7-14-6-1-2-8-15(14)19/h1-4,6,8-10,12-13,19H,5,7,11H2,(H,22,23). The molecule has 4 rings (SSSR count). The molecule has 1 atom stereocenters. The number of nitrogens with zero attached hydrogens (tertiary/aromatic N) is 1. The molecule has 3 aromatic rings. The highest BCUT2D eigenvalue weighted by Gasteiger charge is 2.22. The largest absolute Gasteiger partial charge is 0.345 e. The monoisotopic (exact) mass is 302 g/mol. The van der Waals surface area contributed by atoms with Crippen LogP contribution in [-0.2, 0) is 6.42 Å². The van der Waals surface area contributed by atoms with Gasteiger partial charge in [0.1, 0.15) is 0 Å². The number of hydrogen-bond acceptors (Lipinski definition) is 2. The van der Waals surface area contributed by atoms with Crippen LogP contribution in [-0.4, -0.2) is 10.9 Å². The minimum absolute atomic E-state index is 0.0229. The van der Waals surface area contributed by atoms with Gasteiger partial charge in [-0.15, -0.1) is 0 Å². The highest BCUT2D eigenvalue weighted by Crippen LogP contribution is 2.30. The van der Waals surface area contributed by atoms with E-state index in [1.54, 1.807) is 12.3 Å². The summed E-state index contributed by atoms with van der Waals surface area (Å²) in [6.07, 6.45) is 4.90. The minimum Gasteiger partial charge on any atom is -0.345 e. The zero-order valence-corrected chi connectivity index (χ0v) is 12.8. The first-order chi connectivity index (χ1) is 11.3. The summed E-state index contributed by atoms with van der Waals surface area (Å²) in [5.41, 5.74) is 4.15. The molecule has 1 aliphatic rings. The van der Waals surface area contributed by atoms with Gasteiger partial charge in [-0.2, -0.15) is 0 Å². The lowest BCUT2D eigenvalue weighted by atomic mass is 9.87. The summed E-state index contributed by atoms with van der Waals surface area (Å²) in [4.78, 5) is 17.1. The number of carbonyl (C=O) groups excluding carboxylic acids is 1. The van der Waals surface area contributed by atoms with Crippen molar-refractivity contribution in [3.05, 3.63) is 77.5 Å². The number of hydrogen-bond donors (Lipinski definition) is 1. The van der Waals surface area contributed by atoms with Crippen molar-refractivity contribution in [2.45, 2.75) is 25.3 Å². The molecule has 1 unspecified atom stereocenters. The molecule has 0 spiro atoms. The smallest absolute Gasteiger partial charge is 0.252 e. The highest BCUT2D eigenvalue weighted by molar-refractivity contribution is 6.06. The van der Waals surface area contributed by atoms with Crippen LogP contribution in [0.2, 0.25) is 0 Å². The normalized spacial score (nSPS) is 16.8. The summed E-state index contributed by atoms with van der Waals surface area (Å²) in [5, 5.41) is 4.12. The quantitative estimate of drug-likeness (QED) is 0.776. The van der Waals surface area contributed by atoms with Gasteiger partial charge < -0.3 is 5.32 Å². The van der Waals surface area contributed by atoms with Crippen molar-refractivity contribution in [3.63, 3.8) is 0 Å². The van der Waals surface area contributed by atoms with E-state index in [-0.39, 0.29) is 11.9 Å². The van der Waals surface area contributed by atoms with E-state index >= 15 is 0 Å². The second-order valence-corrected chi connectivity index (χ2v) is 5.99. The summed E-state index contributed by atoms with van der Waals surface area (Å²) in [5.74, 6) is -0.0229. The first-order valence-electron chi connectivity index (χ1n) is 8.05. The number of rotatable bonds is 2. The second-order valence-electron chi connectivity index (χ2n) is 5.99. The van der Waals surface area contributed by atoms with Crippen molar-refractivity contribution < 1.29 is 4.79 Å². The zero-order chi connectivity index (χ0) is 15.6. The van der Waals surface area contributed by atoms with Gasteiger partial charge >= 0.3 is 0 Å². The van der Waals surface area contributed by atoms with Gasteiger partial charge in [0.15, 0.2) is 0 Å². The fourth-order valence-corrected chi connectivity index (χ4v) is 3.43. The molecule has 1 aromatic heterocycles. The lowest BCUT2D eigenvalue weighted by Gasteiger charge is -2.26. The third-order valence-corrected chi connectivity index (χ3v) is 4.57. The van der Waals surface area contributed by atoms with Crippen LogP contribution < -0.4 is 5.32 Å². The van der Waals surface area contributed by atoms with Crippen molar-refractivity contribution in [3.8, 4) is 0 Å². The Morgan fingerprint density at radius 2 is 1.87 bits per heavy atom. The first-order valence-corrected chi connectivity index (χ1v) is 8.05. The highest BCUT2D eigenvalue weighted by atomic mass is 16.1. The third-order valence-electron chi connectivity index (χ3n) is 4.57. The van der Waals surface area contributed by atoms with Gasteiger partial charge in [-0.05, 0) is 42.5 Å². The molecule has 1 aliphatic carbocycles. The Bertz CT molecular complexity index is 867. The average molecular weight is 302 g/mol. The molecule has 0 saturated carbocycles. The second kappa shape index (κ2) is 5.84. The van der Waals surface area contributed by atoms with Crippen molar-refractivity contribution in [2.75, 3.05) is 0 Å². The third kappa shape index (κ3) is 2.59. The summed E-state index contributed by atoms with van der Waals surface area (Å²) in [6, 6.07) is 18.1. The van der Waals surface area contributed by atoms with Gasteiger partial charge in [0, 0.05) is 11.6 Å². The van der Waals surface area contributed by atoms with Crippen LogP contribution in [0, 0.1) is 0 Å². The van der Waals surface area contributed by atoms with Gasteiger partial charge in [-0.1, -0.05) is 42.5 Å². The number of benzene rings is 2. The predicted octanol–water partition coefficient (Wildman–Crippen LogP) is 4.04. The van der Waals surface area contributed by atoms with Gasteiger partial charge in [-0.25, -0.2) is 0 Å². The molecule has 3 heteroatoms. The molecular weight excluding hydrogens is 284 g/mol. The van der Waals surface area contributed by atoms with Crippen molar-refractivity contribution in [1.29, 1.82) is 0 Å². The van der Waals surface area contributed by atoms with Crippen LogP contribution in [0.5, 0.6) is 0 Å². The Balaban J connectivity index is 1.66. The maximum atomic E-state index is 12.8. The number of fused-ring (bicyclic) bond motifs is 2. The van der Waals surface area contributed by atoms with E-state index in [2.05, 4.69) is 28.5 Å². The van der Waals surface area contributed by atoms with E-state index in [1.165, 1.54) is 11.1 Å². The first kappa shape index (κ1) is 13.9. The summed E-state index contributed by atoms with van der Waals surface area (Å²) >= 11 is 0. The molecule has 1 heterocycles. The molecule has 0 fully saturated rings. The van der Waals surface area contributed by atoms with E-state index in [1.807, 2.05) is 30.3 Å². The topological polar surface area (TPSA) is 42.0 Å². The number of pyridine rings is 1. The Hall–Kier alpha value is -2.68. The van der Waals surface area contributed by atoms with E-state index in [4.69, 9.17) is 0 Å². The van der Waals surface area contributed by atoms with Crippen molar-refractivity contribution >= 4 is 16.8 Å². The fraction of sp³-hybridized carbons (Fsp3) is 0.200. The lowest BCUT2D eigenvalue weighted by Crippen LogP contribution is -2.31. The molecule has 0 bridgehead atoms. The number of nitrogens with one attached hydrogen (secondary N) is 1. The van der Waals surface area contributed by atoms with E-state index in [0.29, 0.717) is 5.56 Å². The Morgan fingerprint density at radius 1 is 1.04 bits per heavy atom. The molecule has 0 radical (unpaired) electrons. The average Bonchev–Trinajstić information content (AvgIpc) is 2.61. The lowest BCUT2D eigenvalue weighted by molar-refractivity contribution is 0.0934. The van der Waals surface area contributed by atoms with Crippen LogP contribution in [0.25, 0.3) is 10.9 Å². The Labute approximate surface area is 135 Å². The van der Waals surface area contributed by atoms with E-state index in [0.717, 1.165) is 30.2 Å². The van der Waals surface area contributed by atoms with Gasteiger partial charge in [-0.3, -0.25) is 9.78 Å². The summed E-state index contributed by atoms with van der Waals surface area (Å²) < 4.78 is 0. The SMILES string of the molecule is O=C(NC1CCCc2ccccc21)c1ccnc2ccccc12. The molecular formula is C20H18N2O. The molecule has 1 N–H and O–H groups in total. The van der Waals surface area contributed by atoms with Crippen molar-refractivity contribution in [2.24, 2.45) is 0 Å². The summed E-state index contributed by atoms with van der Waals surface area (Å²) in [6.45, 7) is 0. The molecule has 3 nitrogen and oxygen atoms in total. The van der Waals surface area contributed by atoms with Gasteiger partial charge in [0.05, 0.1) is 17.1 Å². The van der Waals surface area contributed by atoms with Gasteiger partial charge in [0.25, 0.3) is 5.91 Å². The zero-order valence-electron chi connectivity index (χ0n) is 12.8. The Morgan fingerprint density at radius 3 is 2.83 bits per heavy atom. The summed E-state index contributed by atoms with van der Waals surface area (Å²) in [7, 11) is 0. The molecule has 2 aromatic carbocycles. The van der Waals surface area contributed by atoms with Crippen molar-refractivity contribution in [1.82, 2.24) is 10.3 Å². The number of para-hydroxylation sites is 1. The fourth-order valence-electron chi connectivity index (χ4n) is 3.43. The maximum absolute atomic E-state index is 12.8. The van der Waals surface area contributed by atoms with Gasteiger partial charge in [0.2, 0.25) is 0 Å².